The summed E-state index contributed by atoms with van der Waals surface area (Å²) < 4.78 is 18.3. The second-order valence-corrected chi connectivity index (χ2v) is 6.85. The van der Waals surface area contributed by atoms with Crippen LogP contribution in [-0.2, 0) is 11.3 Å². The van der Waals surface area contributed by atoms with Crippen molar-refractivity contribution in [2.24, 2.45) is 0 Å². The number of carbonyl (C=O) groups is 1. The number of benzene rings is 2. The van der Waals surface area contributed by atoms with E-state index >= 15 is 0 Å². The molecule has 0 bridgehead atoms. The van der Waals surface area contributed by atoms with Crippen LogP contribution in [0.3, 0.4) is 0 Å². The Morgan fingerprint density at radius 2 is 1.69 bits per heavy atom. The maximum Gasteiger partial charge on any atom is 0.226 e. The molecule has 3 aromatic rings. The number of ether oxygens (including phenoxy) is 3. The van der Waals surface area contributed by atoms with Crippen LogP contribution >= 0.6 is 0 Å². The van der Waals surface area contributed by atoms with E-state index in [-0.39, 0.29) is 11.8 Å². The molecular formula is C22H23N3O4. The molecule has 1 aromatic heterocycles. The van der Waals surface area contributed by atoms with Crippen molar-refractivity contribution in [1.29, 1.82) is 0 Å². The summed E-state index contributed by atoms with van der Waals surface area (Å²) in [6.07, 6.45) is 2.12. The standard InChI is InChI=1S/C22H23N3O4/c1-27-18-11-20(29-3)19(28-2)9-16(18)15-10-21(26)24-22-17(15)12-23-25(22)13-14-7-5-4-6-8-14/h4-9,11-12,15H,10,13H2,1-3H3,(H,24,26)/t15-/m0/s1. The first-order valence-electron chi connectivity index (χ1n) is 9.34. The van der Waals surface area contributed by atoms with E-state index in [4.69, 9.17) is 14.2 Å². The van der Waals surface area contributed by atoms with Crippen molar-refractivity contribution in [3.63, 3.8) is 0 Å². The van der Waals surface area contributed by atoms with Gasteiger partial charge in [0.15, 0.2) is 11.5 Å². The van der Waals surface area contributed by atoms with E-state index in [1.165, 1.54) is 0 Å². The predicted octanol–water partition coefficient (Wildman–Crippen LogP) is 3.43. The molecule has 7 heteroatoms. The molecule has 0 radical (unpaired) electrons. The summed E-state index contributed by atoms with van der Waals surface area (Å²) in [5.41, 5.74) is 2.92. The van der Waals surface area contributed by atoms with Gasteiger partial charge in [0, 0.05) is 29.5 Å². The molecule has 1 amide bonds. The Bertz CT molecular complexity index is 1030. The van der Waals surface area contributed by atoms with Gasteiger partial charge in [-0.2, -0.15) is 5.10 Å². The maximum absolute atomic E-state index is 12.5. The van der Waals surface area contributed by atoms with Gasteiger partial charge in [0.1, 0.15) is 11.6 Å². The lowest BCUT2D eigenvalue weighted by molar-refractivity contribution is -0.116. The zero-order chi connectivity index (χ0) is 20.4. The SMILES string of the molecule is COc1cc(OC)c([C@@H]2CC(=O)Nc3c2cnn3Cc2ccccc2)cc1OC. The molecular weight excluding hydrogens is 370 g/mol. The van der Waals surface area contributed by atoms with Crippen LogP contribution in [-0.4, -0.2) is 37.0 Å². The molecule has 1 aliphatic heterocycles. The number of amides is 1. The maximum atomic E-state index is 12.5. The summed E-state index contributed by atoms with van der Waals surface area (Å²) in [4.78, 5) is 12.5. The van der Waals surface area contributed by atoms with E-state index in [2.05, 4.69) is 10.4 Å². The number of methoxy groups -OCH3 is 3. The molecule has 0 saturated heterocycles. The van der Waals surface area contributed by atoms with Crippen LogP contribution in [0.2, 0.25) is 0 Å². The summed E-state index contributed by atoms with van der Waals surface area (Å²) in [5, 5.41) is 7.52. The first-order chi connectivity index (χ1) is 14.1. The van der Waals surface area contributed by atoms with Crippen molar-refractivity contribution in [3.05, 3.63) is 65.4 Å². The van der Waals surface area contributed by atoms with Crippen LogP contribution in [0.1, 0.15) is 29.0 Å². The molecule has 0 fully saturated rings. The second kappa shape index (κ2) is 7.87. The van der Waals surface area contributed by atoms with Crippen molar-refractivity contribution in [2.75, 3.05) is 26.6 Å². The Morgan fingerprint density at radius 1 is 1.00 bits per heavy atom. The van der Waals surface area contributed by atoms with Gasteiger partial charge in [-0.15, -0.1) is 0 Å². The number of hydrogen-bond acceptors (Lipinski definition) is 5. The molecule has 7 nitrogen and oxygen atoms in total. The zero-order valence-corrected chi connectivity index (χ0v) is 16.6. The Balaban J connectivity index is 1.77. The molecule has 0 unspecified atom stereocenters. The number of hydrogen-bond donors (Lipinski definition) is 1. The molecule has 4 rings (SSSR count). The highest BCUT2D eigenvalue weighted by Gasteiger charge is 2.32. The quantitative estimate of drug-likeness (QED) is 0.695. The van der Waals surface area contributed by atoms with E-state index < -0.39 is 0 Å². The molecule has 2 heterocycles. The third-order valence-corrected chi connectivity index (χ3v) is 5.18. The topological polar surface area (TPSA) is 74.6 Å². The molecule has 0 aliphatic carbocycles. The first kappa shape index (κ1) is 18.9. The van der Waals surface area contributed by atoms with E-state index in [0.29, 0.717) is 36.0 Å². The van der Waals surface area contributed by atoms with Gasteiger partial charge in [-0.05, 0) is 11.6 Å². The highest BCUT2D eigenvalue weighted by molar-refractivity contribution is 5.94. The summed E-state index contributed by atoms with van der Waals surface area (Å²) >= 11 is 0. The van der Waals surface area contributed by atoms with Crippen LogP contribution in [0.5, 0.6) is 17.2 Å². The van der Waals surface area contributed by atoms with E-state index in [0.717, 1.165) is 16.7 Å². The smallest absolute Gasteiger partial charge is 0.226 e. The lowest BCUT2D eigenvalue weighted by atomic mass is 9.86. The first-order valence-corrected chi connectivity index (χ1v) is 9.34. The van der Waals surface area contributed by atoms with E-state index in [1.54, 1.807) is 27.4 Å². The molecule has 1 N–H and O–H groups in total. The zero-order valence-electron chi connectivity index (χ0n) is 16.6. The van der Waals surface area contributed by atoms with Gasteiger partial charge < -0.3 is 19.5 Å². The molecule has 0 saturated carbocycles. The van der Waals surface area contributed by atoms with Crippen LogP contribution in [0.15, 0.2) is 48.7 Å². The molecule has 150 valence electrons. The summed E-state index contributed by atoms with van der Waals surface area (Å²) in [7, 11) is 4.77. The largest absolute Gasteiger partial charge is 0.496 e. The Morgan fingerprint density at radius 3 is 2.38 bits per heavy atom. The minimum Gasteiger partial charge on any atom is -0.496 e. The van der Waals surface area contributed by atoms with Gasteiger partial charge in [0.2, 0.25) is 5.91 Å². The van der Waals surface area contributed by atoms with Crippen molar-refractivity contribution in [1.82, 2.24) is 9.78 Å². The van der Waals surface area contributed by atoms with Gasteiger partial charge in [-0.25, -0.2) is 4.68 Å². The molecule has 0 spiro atoms. The summed E-state index contributed by atoms with van der Waals surface area (Å²) in [6, 6.07) is 13.7. The van der Waals surface area contributed by atoms with Crippen LogP contribution < -0.4 is 19.5 Å². The summed E-state index contributed by atoms with van der Waals surface area (Å²) in [5.74, 6) is 2.27. The van der Waals surface area contributed by atoms with Crippen LogP contribution in [0.25, 0.3) is 0 Å². The normalized spacial score (nSPS) is 15.4. The van der Waals surface area contributed by atoms with Gasteiger partial charge in [0.25, 0.3) is 0 Å². The van der Waals surface area contributed by atoms with Crippen LogP contribution in [0.4, 0.5) is 5.82 Å². The van der Waals surface area contributed by atoms with E-state index in [9.17, 15) is 4.79 Å². The number of nitrogens with zero attached hydrogens (tertiary/aromatic N) is 2. The van der Waals surface area contributed by atoms with Crippen molar-refractivity contribution in [2.45, 2.75) is 18.9 Å². The number of nitrogens with one attached hydrogen (secondary N) is 1. The third-order valence-electron chi connectivity index (χ3n) is 5.18. The average Bonchev–Trinajstić information content (AvgIpc) is 3.15. The summed E-state index contributed by atoms with van der Waals surface area (Å²) in [6.45, 7) is 0.576. The van der Waals surface area contributed by atoms with Gasteiger partial charge >= 0.3 is 0 Å². The van der Waals surface area contributed by atoms with Gasteiger partial charge in [0.05, 0.1) is 34.1 Å². The highest BCUT2D eigenvalue weighted by Crippen LogP contribution is 2.44. The lowest BCUT2D eigenvalue weighted by Crippen LogP contribution is -2.25. The fourth-order valence-electron chi connectivity index (χ4n) is 3.75. The van der Waals surface area contributed by atoms with Crippen molar-refractivity contribution >= 4 is 11.7 Å². The Hall–Kier alpha value is -3.48. The molecule has 2 aromatic carbocycles. The number of carbonyl (C=O) groups excluding carboxylic acids is 1. The van der Waals surface area contributed by atoms with Gasteiger partial charge in [-0.3, -0.25) is 4.79 Å². The fourth-order valence-corrected chi connectivity index (χ4v) is 3.75. The Kier molecular flexibility index (Phi) is 5.12. The lowest BCUT2D eigenvalue weighted by Gasteiger charge is -2.26. The average molecular weight is 393 g/mol. The van der Waals surface area contributed by atoms with Crippen molar-refractivity contribution < 1.29 is 19.0 Å². The highest BCUT2D eigenvalue weighted by atomic mass is 16.5. The second-order valence-electron chi connectivity index (χ2n) is 6.85. The molecule has 29 heavy (non-hydrogen) atoms. The monoisotopic (exact) mass is 393 g/mol. The fraction of sp³-hybridized carbons (Fsp3) is 0.273. The number of fused-ring (bicyclic) bond motifs is 1. The number of rotatable bonds is 6. The molecule has 1 aliphatic rings. The minimum atomic E-state index is -0.196. The Labute approximate surface area is 169 Å². The predicted molar refractivity (Wildman–Crippen MR) is 109 cm³/mol. The number of anilines is 1. The third kappa shape index (κ3) is 3.51. The molecule has 1 atom stereocenters. The minimum absolute atomic E-state index is 0.0610. The van der Waals surface area contributed by atoms with Gasteiger partial charge in [-0.1, -0.05) is 30.3 Å². The number of aromatic nitrogens is 2. The van der Waals surface area contributed by atoms with Crippen molar-refractivity contribution in [3.8, 4) is 17.2 Å². The van der Waals surface area contributed by atoms with E-state index in [1.807, 2.05) is 47.3 Å². The van der Waals surface area contributed by atoms with Crippen LogP contribution in [0, 0.1) is 0 Å².